The minimum Gasteiger partial charge on any atom is -0.391 e. The van der Waals surface area contributed by atoms with E-state index in [1.165, 1.54) is 11.1 Å². The van der Waals surface area contributed by atoms with Crippen LogP contribution in [0.5, 0.6) is 0 Å². The molecule has 0 radical (unpaired) electrons. The van der Waals surface area contributed by atoms with Crippen molar-refractivity contribution in [2.75, 3.05) is 13.1 Å². The van der Waals surface area contributed by atoms with Gasteiger partial charge >= 0.3 is 0 Å². The minimum absolute atomic E-state index is 0.0785. The van der Waals surface area contributed by atoms with Gasteiger partial charge in [-0.25, -0.2) is 0 Å². The van der Waals surface area contributed by atoms with Crippen LogP contribution in [-0.4, -0.2) is 39.8 Å². The number of aromatic nitrogens is 2. The van der Waals surface area contributed by atoms with Gasteiger partial charge in [0.2, 0.25) is 11.7 Å². The number of nitrogens with zero attached hydrogens (tertiary/aromatic N) is 4. The maximum absolute atomic E-state index is 7.58. The van der Waals surface area contributed by atoms with E-state index in [1.54, 1.807) is 0 Å². The molecule has 182 valence electrons. The molecule has 4 aromatic rings. The molecule has 0 bridgehead atoms. The van der Waals surface area contributed by atoms with Crippen molar-refractivity contribution < 1.29 is 9.36 Å². The van der Waals surface area contributed by atoms with E-state index in [1.807, 2.05) is 54.3 Å². The average Bonchev–Trinajstić information content (AvgIpc) is 3.60. The van der Waals surface area contributed by atoms with Gasteiger partial charge in [0.05, 0.1) is 11.6 Å². The van der Waals surface area contributed by atoms with Crippen LogP contribution in [0.2, 0.25) is 0 Å². The Balaban J connectivity index is 1.17. The summed E-state index contributed by atoms with van der Waals surface area (Å²) in [5.74, 6) is 1.30. The van der Waals surface area contributed by atoms with E-state index in [4.69, 9.17) is 20.5 Å². The molecule has 8 heteroatoms. The zero-order valence-corrected chi connectivity index (χ0v) is 20.1. The normalized spacial score (nSPS) is 15.8. The highest BCUT2D eigenvalue weighted by molar-refractivity contribution is 5.98. The third-order valence-electron chi connectivity index (χ3n) is 6.37. The molecule has 3 N–H and O–H groups in total. The lowest BCUT2D eigenvalue weighted by molar-refractivity contribution is 0.130. The predicted molar refractivity (Wildman–Crippen MR) is 139 cm³/mol. The van der Waals surface area contributed by atoms with Gasteiger partial charge in [0, 0.05) is 18.7 Å². The summed E-state index contributed by atoms with van der Waals surface area (Å²) in [6.45, 7) is 3.67. The van der Waals surface area contributed by atoms with Gasteiger partial charge in [-0.15, -0.1) is 0 Å². The molecule has 0 spiro atoms. The summed E-state index contributed by atoms with van der Waals surface area (Å²) in [7, 11) is 0. The largest absolute Gasteiger partial charge is 0.391 e. The van der Waals surface area contributed by atoms with Crippen LogP contribution in [0.15, 0.2) is 88.5 Å². The first-order valence-electron chi connectivity index (χ1n) is 11.9. The van der Waals surface area contributed by atoms with E-state index in [0.29, 0.717) is 24.9 Å². The minimum atomic E-state index is 0.0785. The first-order chi connectivity index (χ1) is 17.6. The van der Waals surface area contributed by atoms with Gasteiger partial charge in [-0.05, 0) is 35.6 Å². The Bertz CT molecular complexity index is 1350. The second-order valence-corrected chi connectivity index (χ2v) is 8.86. The fourth-order valence-corrected chi connectivity index (χ4v) is 4.24. The zero-order chi connectivity index (χ0) is 24.9. The summed E-state index contributed by atoms with van der Waals surface area (Å²) >= 11 is 0. The molecule has 1 aliphatic rings. The van der Waals surface area contributed by atoms with Crippen molar-refractivity contribution in [3.63, 3.8) is 0 Å². The third-order valence-corrected chi connectivity index (χ3v) is 6.37. The van der Waals surface area contributed by atoms with Gasteiger partial charge in [0.25, 0.3) is 0 Å². The van der Waals surface area contributed by atoms with Crippen LogP contribution in [0.1, 0.15) is 36.3 Å². The summed E-state index contributed by atoms with van der Waals surface area (Å²) in [5, 5.41) is 16.0. The number of guanidine groups is 1. The molecule has 0 amide bonds. The topological polar surface area (TPSA) is 114 Å². The van der Waals surface area contributed by atoms with Crippen LogP contribution in [0.4, 0.5) is 0 Å². The Labute approximate surface area is 209 Å². The van der Waals surface area contributed by atoms with Gasteiger partial charge in [0.1, 0.15) is 6.61 Å². The maximum Gasteiger partial charge on any atom is 0.231 e. The van der Waals surface area contributed by atoms with Crippen LogP contribution in [0, 0.1) is 5.41 Å². The molecule has 8 nitrogen and oxygen atoms in total. The van der Waals surface area contributed by atoms with Gasteiger partial charge in [-0.3, -0.25) is 5.41 Å². The van der Waals surface area contributed by atoms with Crippen LogP contribution in [-0.2, 0) is 11.4 Å². The van der Waals surface area contributed by atoms with E-state index in [-0.39, 0.29) is 11.9 Å². The second-order valence-electron chi connectivity index (χ2n) is 8.86. The molecule has 3 aromatic carbocycles. The smallest absolute Gasteiger partial charge is 0.231 e. The third kappa shape index (κ3) is 5.27. The lowest BCUT2D eigenvalue weighted by atomic mass is 10.0. The van der Waals surface area contributed by atoms with Gasteiger partial charge in [-0.1, -0.05) is 89.2 Å². The molecule has 1 aliphatic heterocycles. The lowest BCUT2D eigenvalue weighted by Crippen LogP contribution is -2.34. The molecular formula is C28H28N6O2. The number of nitrogens with one attached hydrogen (secondary N) is 1. The maximum atomic E-state index is 7.58. The molecule has 0 unspecified atom stereocenters. The molecule has 36 heavy (non-hydrogen) atoms. The van der Waals surface area contributed by atoms with Crippen molar-refractivity contribution >= 4 is 11.7 Å². The molecule has 0 aliphatic carbocycles. The first kappa shape index (κ1) is 23.3. The number of hydrogen-bond acceptors (Lipinski definition) is 6. The summed E-state index contributed by atoms with van der Waals surface area (Å²) < 4.78 is 5.49. The zero-order valence-electron chi connectivity index (χ0n) is 20.1. The van der Waals surface area contributed by atoms with E-state index >= 15 is 0 Å². The van der Waals surface area contributed by atoms with E-state index in [2.05, 4.69) is 51.7 Å². The summed E-state index contributed by atoms with van der Waals surface area (Å²) in [6.07, 6.45) is 0.840. The second kappa shape index (κ2) is 10.4. The van der Waals surface area contributed by atoms with E-state index < -0.39 is 0 Å². The Kier molecular flexibility index (Phi) is 6.75. The fraction of sp³-hybridized carbons (Fsp3) is 0.214. The highest BCUT2D eigenvalue weighted by atomic mass is 16.6. The SMILES string of the molecule is C/C(=N\OCc1ccc(-c2ccccc2)cc1)c1ccc(-c2noc([C@@H]3CCN(C(=N)N)C3)n2)cc1. The van der Waals surface area contributed by atoms with Crippen molar-refractivity contribution in [2.45, 2.75) is 25.9 Å². The Morgan fingerprint density at radius 3 is 2.42 bits per heavy atom. The number of hydrogen-bond donors (Lipinski definition) is 2. The Morgan fingerprint density at radius 1 is 1.03 bits per heavy atom. The molecule has 1 aromatic heterocycles. The number of nitrogens with two attached hydrogens (primary N) is 1. The van der Waals surface area contributed by atoms with Crippen molar-refractivity contribution in [1.29, 1.82) is 5.41 Å². The number of likely N-dealkylation sites (tertiary alicyclic amines) is 1. The Hall–Kier alpha value is -4.46. The lowest BCUT2D eigenvalue weighted by Gasteiger charge is -2.14. The van der Waals surface area contributed by atoms with E-state index in [0.717, 1.165) is 35.4 Å². The number of rotatable bonds is 7. The summed E-state index contributed by atoms with van der Waals surface area (Å²) in [6, 6.07) is 26.4. The molecular weight excluding hydrogens is 452 g/mol. The van der Waals surface area contributed by atoms with Gasteiger partial charge < -0.3 is 20.0 Å². The van der Waals surface area contributed by atoms with E-state index in [9.17, 15) is 0 Å². The Morgan fingerprint density at radius 2 is 1.72 bits per heavy atom. The van der Waals surface area contributed by atoms with Crippen molar-refractivity contribution in [3.05, 3.63) is 95.9 Å². The number of benzene rings is 3. The molecule has 1 saturated heterocycles. The standard InChI is InChI=1S/C28H28N6O2/c1-19(32-35-18-20-7-9-23(10-8-20)22-5-3-2-4-6-22)21-11-13-24(14-12-21)26-31-27(36-33-26)25-15-16-34(17-25)28(29)30/h2-14,25H,15-18H2,1H3,(H3,29,30)/b32-19+/t25-/m1/s1. The molecule has 1 fully saturated rings. The van der Waals surface area contributed by atoms with Gasteiger partial charge in [0.15, 0.2) is 5.96 Å². The van der Waals surface area contributed by atoms with Crippen LogP contribution in [0.25, 0.3) is 22.5 Å². The monoisotopic (exact) mass is 480 g/mol. The van der Waals surface area contributed by atoms with Crippen molar-refractivity contribution in [3.8, 4) is 22.5 Å². The van der Waals surface area contributed by atoms with Crippen molar-refractivity contribution in [2.24, 2.45) is 10.9 Å². The summed E-state index contributed by atoms with van der Waals surface area (Å²) in [4.78, 5) is 12.0. The molecule has 5 rings (SSSR count). The van der Waals surface area contributed by atoms with Crippen LogP contribution >= 0.6 is 0 Å². The molecule has 0 saturated carbocycles. The fourth-order valence-electron chi connectivity index (χ4n) is 4.24. The molecule has 1 atom stereocenters. The number of oxime groups is 1. The molecule has 2 heterocycles. The summed E-state index contributed by atoms with van der Waals surface area (Å²) in [5.41, 5.74) is 11.6. The predicted octanol–water partition coefficient (Wildman–Crippen LogP) is 5.03. The highest BCUT2D eigenvalue weighted by Gasteiger charge is 2.29. The highest BCUT2D eigenvalue weighted by Crippen LogP contribution is 2.27. The van der Waals surface area contributed by atoms with Crippen molar-refractivity contribution in [1.82, 2.24) is 15.0 Å². The van der Waals surface area contributed by atoms with Crippen LogP contribution < -0.4 is 5.73 Å². The van der Waals surface area contributed by atoms with Gasteiger partial charge in [-0.2, -0.15) is 4.98 Å². The first-order valence-corrected chi connectivity index (χ1v) is 11.9. The quantitative estimate of drug-likeness (QED) is 0.218. The average molecular weight is 481 g/mol. The van der Waals surface area contributed by atoms with Crippen LogP contribution in [0.3, 0.4) is 0 Å².